The summed E-state index contributed by atoms with van der Waals surface area (Å²) in [7, 11) is -0.552. The first-order chi connectivity index (χ1) is 12.2. The fourth-order valence-corrected chi connectivity index (χ4v) is 4.83. The molecule has 6 heteroatoms. The molecule has 28 heavy (non-hydrogen) atoms. The van der Waals surface area contributed by atoms with Crippen LogP contribution in [0.25, 0.3) is 0 Å². The van der Waals surface area contributed by atoms with Crippen LogP contribution in [0.1, 0.15) is 61.8 Å². The molecule has 0 amide bonds. The molecule has 2 fully saturated rings. The molecule has 2 aliphatic rings. The van der Waals surface area contributed by atoms with Crippen LogP contribution in [0.5, 0.6) is 0 Å². The average Bonchev–Trinajstić information content (AvgIpc) is 2.43. The van der Waals surface area contributed by atoms with Crippen LogP contribution in [0.4, 0.5) is 0 Å². The summed E-state index contributed by atoms with van der Waals surface area (Å²) in [6.45, 7) is 28.1. The van der Waals surface area contributed by atoms with Crippen molar-refractivity contribution in [1.82, 2.24) is 9.57 Å². The summed E-state index contributed by atoms with van der Waals surface area (Å²) in [5, 5.41) is 0. The first-order valence-corrected chi connectivity index (χ1v) is 12.6. The Labute approximate surface area is 201 Å². The Hall–Kier alpha value is 1.24. The van der Waals surface area contributed by atoms with Gasteiger partial charge in [-0.2, -0.15) is 0 Å². The van der Waals surface area contributed by atoms with Gasteiger partial charge in [0.25, 0.3) is 0 Å². The van der Waals surface area contributed by atoms with Gasteiger partial charge in [-0.1, -0.05) is 40.9 Å². The number of morpholine rings is 2. The molecule has 0 bridgehead atoms. The van der Waals surface area contributed by atoms with Gasteiger partial charge >= 0.3 is 0 Å². The standard InChI is InChI=1S/C12H26NOP.C10H20NO.Y/c1-10-8-13(15(5)6)9-11(14-10)7-12(2,3)4;1-8-6-11(10(3,4)5)7-9(2)12-8;/h10-11,15H,5,7-9H2,1-4,6H3;8-9H,1,6-7H2,2-5H3;/q;-1;. The number of hydrogen-bond acceptors (Lipinski definition) is 4. The molecule has 1 radical (unpaired) electrons. The van der Waals surface area contributed by atoms with Crippen molar-refractivity contribution in [3.05, 3.63) is 6.92 Å². The van der Waals surface area contributed by atoms with Gasteiger partial charge in [0, 0.05) is 57.9 Å². The normalized spacial score (nSPS) is 31.4. The molecule has 5 atom stereocenters. The molecule has 0 aliphatic carbocycles. The summed E-state index contributed by atoms with van der Waals surface area (Å²) in [4.78, 5) is 2.43. The van der Waals surface area contributed by atoms with E-state index in [4.69, 9.17) is 9.47 Å². The van der Waals surface area contributed by atoms with E-state index in [-0.39, 0.29) is 44.4 Å². The molecule has 2 saturated heterocycles. The number of nitrogens with zero attached hydrogens (tertiary/aromatic N) is 2. The van der Waals surface area contributed by atoms with E-state index in [1.54, 1.807) is 0 Å². The van der Waals surface area contributed by atoms with Crippen LogP contribution >= 0.6 is 7.70 Å². The zero-order valence-electron chi connectivity index (χ0n) is 20.0. The van der Waals surface area contributed by atoms with Crippen molar-refractivity contribution in [1.29, 1.82) is 0 Å². The largest absolute Gasteiger partial charge is 0.405 e. The Bertz CT molecular complexity index is 466. The first kappa shape index (κ1) is 29.2. The Morgan fingerprint density at radius 1 is 0.964 bits per heavy atom. The molecule has 0 aromatic carbocycles. The van der Waals surface area contributed by atoms with Crippen molar-refractivity contribution in [3.8, 4) is 0 Å². The predicted molar refractivity (Wildman–Crippen MR) is 122 cm³/mol. The predicted octanol–water partition coefficient (Wildman–Crippen LogP) is 4.41. The fourth-order valence-electron chi connectivity index (χ4n) is 3.75. The minimum Gasteiger partial charge on any atom is -0.405 e. The quantitative estimate of drug-likeness (QED) is 0.423. The molecule has 5 unspecified atom stereocenters. The zero-order chi connectivity index (χ0) is 21.0. The van der Waals surface area contributed by atoms with E-state index in [0.29, 0.717) is 23.7 Å². The zero-order valence-corrected chi connectivity index (χ0v) is 23.9. The van der Waals surface area contributed by atoms with Gasteiger partial charge in [0.2, 0.25) is 0 Å². The minimum atomic E-state index is -0.552. The van der Waals surface area contributed by atoms with Crippen LogP contribution in [0, 0.1) is 12.3 Å². The summed E-state index contributed by atoms with van der Waals surface area (Å²) >= 11 is 0. The van der Waals surface area contributed by atoms with Crippen molar-refractivity contribution in [2.75, 3.05) is 32.8 Å². The molecule has 0 spiro atoms. The van der Waals surface area contributed by atoms with Crippen molar-refractivity contribution in [2.45, 2.75) is 91.8 Å². The summed E-state index contributed by atoms with van der Waals surface area (Å²) < 4.78 is 14.1. The van der Waals surface area contributed by atoms with E-state index >= 15 is 0 Å². The second kappa shape index (κ2) is 12.3. The molecular weight excluding hydrogens is 444 g/mol. The third-order valence-electron chi connectivity index (χ3n) is 4.98. The average molecular weight is 491 g/mol. The third-order valence-corrected chi connectivity index (χ3v) is 6.43. The molecule has 165 valence electrons. The van der Waals surface area contributed by atoms with E-state index in [1.807, 2.05) is 0 Å². The van der Waals surface area contributed by atoms with Gasteiger partial charge in [0.15, 0.2) is 0 Å². The van der Waals surface area contributed by atoms with Crippen LogP contribution in [-0.4, -0.2) is 78.7 Å². The van der Waals surface area contributed by atoms with Crippen molar-refractivity contribution in [3.63, 3.8) is 0 Å². The van der Waals surface area contributed by atoms with Gasteiger partial charge in [-0.25, -0.2) is 0 Å². The van der Waals surface area contributed by atoms with Crippen molar-refractivity contribution in [2.24, 2.45) is 5.41 Å². The molecule has 4 nitrogen and oxygen atoms in total. The fraction of sp³-hybridized carbons (Fsp3) is 0.909. The molecular formula is C22H46N2O2PY-. The van der Waals surface area contributed by atoms with Crippen molar-refractivity contribution >= 4 is 14.0 Å². The van der Waals surface area contributed by atoms with Crippen LogP contribution in [0.15, 0.2) is 0 Å². The molecule has 0 aromatic rings. The first-order valence-electron chi connectivity index (χ1n) is 10.5. The van der Waals surface area contributed by atoms with Gasteiger partial charge in [0.05, 0.1) is 18.3 Å². The molecule has 2 aliphatic heterocycles. The monoisotopic (exact) mass is 490 g/mol. The molecule has 2 rings (SSSR count). The SMILES string of the molecule is C=[PH](C)N1CC(C)OC(CC(C)(C)C)C1.[CH2-]C1CN(C(C)(C)C)CC(C)O1.[Y]. The summed E-state index contributed by atoms with van der Waals surface area (Å²) in [6.07, 6.45) is 6.56. The van der Waals surface area contributed by atoms with Crippen LogP contribution in [-0.2, 0) is 42.2 Å². The minimum absolute atomic E-state index is 0. The molecule has 0 saturated carbocycles. The summed E-state index contributed by atoms with van der Waals surface area (Å²) in [5.41, 5.74) is 0.600. The van der Waals surface area contributed by atoms with Gasteiger partial charge in [-0.05, 0) is 59.7 Å². The van der Waals surface area contributed by atoms with E-state index in [1.165, 1.54) is 0 Å². The third kappa shape index (κ3) is 11.6. The van der Waals surface area contributed by atoms with Gasteiger partial charge in [-0.3, -0.25) is 9.57 Å². The van der Waals surface area contributed by atoms with E-state index in [0.717, 1.165) is 32.6 Å². The second-order valence-corrected chi connectivity index (χ2v) is 12.7. The Morgan fingerprint density at radius 3 is 1.93 bits per heavy atom. The van der Waals surface area contributed by atoms with Gasteiger partial charge in [0.1, 0.15) is 0 Å². The molecule has 2 heterocycles. The van der Waals surface area contributed by atoms with Crippen LogP contribution < -0.4 is 0 Å². The summed E-state index contributed by atoms with van der Waals surface area (Å²) in [5.74, 6) is 0. The molecule has 0 aromatic heterocycles. The Balaban J connectivity index is 0.000000514. The van der Waals surface area contributed by atoms with E-state index in [2.05, 4.69) is 84.8 Å². The Kier molecular flexibility index (Phi) is 12.9. The summed E-state index contributed by atoms with van der Waals surface area (Å²) in [6, 6.07) is 0. The smallest absolute Gasteiger partial charge is 0.0714 e. The number of rotatable bonds is 2. The number of hydrogen-bond donors (Lipinski definition) is 0. The maximum atomic E-state index is 5.99. The molecule has 0 N–H and O–H groups in total. The Morgan fingerprint density at radius 2 is 1.50 bits per heavy atom. The van der Waals surface area contributed by atoms with Crippen LogP contribution in [0.3, 0.4) is 0 Å². The van der Waals surface area contributed by atoms with Gasteiger partial charge < -0.3 is 16.4 Å². The van der Waals surface area contributed by atoms with Crippen LogP contribution in [0.2, 0.25) is 0 Å². The second-order valence-electron chi connectivity index (χ2n) is 10.6. The van der Waals surface area contributed by atoms with E-state index < -0.39 is 7.70 Å². The number of ether oxygens (including phenoxy) is 2. The topological polar surface area (TPSA) is 24.9 Å². The van der Waals surface area contributed by atoms with Crippen molar-refractivity contribution < 1.29 is 42.2 Å². The maximum Gasteiger partial charge on any atom is 0.0714 e. The van der Waals surface area contributed by atoms with Gasteiger partial charge in [-0.15, -0.1) is 0 Å². The maximum absolute atomic E-state index is 5.99. The van der Waals surface area contributed by atoms with E-state index in [9.17, 15) is 0 Å².